The van der Waals surface area contributed by atoms with Crippen molar-refractivity contribution >= 4 is 11.6 Å². The summed E-state index contributed by atoms with van der Waals surface area (Å²) in [5, 5.41) is 12.3. The molecule has 0 spiro atoms. The van der Waals surface area contributed by atoms with Crippen LogP contribution in [-0.2, 0) is 0 Å². The lowest BCUT2D eigenvalue weighted by Crippen LogP contribution is -2.12. The van der Waals surface area contributed by atoms with Crippen LogP contribution in [0.3, 0.4) is 0 Å². The zero-order chi connectivity index (χ0) is 14.5. The highest BCUT2D eigenvalue weighted by atomic mass is 16.5. The molecule has 2 rings (SSSR count). The lowest BCUT2D eigenvalue weighted by molar-refractivity contribution is 0.102. The monoisotopic (exact) mass is 273 g/mol. The van der Waals surface area contributed by atoms with Crippen LogP contribution in [0.1, 0.15) is 10.4 Å². The van der Waals surface area contributed by atoms with Gasteiger partial charge in [-0.05, 0) is 12.1 Å². The molecule has 0 aliphatic carbocycles. The number of amides is 1. The molecule has 5 nitrogen and oxygen atoms in total. The minimum atomic E-state index is -0.404. The second-order valence-electron chi connectivity index (χ2n) is 4.07. The Kier molecular flexibility index (Phi) is 4.10. The van der Waals surface area contributed by atoms with E-state index in [1.54, 1.807) is 36.4 Å². The molecule has 0 aromatic heterocycles. The Morgan fingerprint density at radius 1 is 1.05 bits per heavy atom. The normalized spacial score (nSPS) is 9.90. The first-order chi connectivity index (χ1) is 9.63. The van der Waals surface area contributed by atoms with E-state index in [1.165, 1.54) is 20.3 Å². The molecule has 0 atom stereocenters. The SMILES string of the molecule is COc1cc(NC(=O)c2ccccc2O)cc(OC)c1. The van der Waals surface area contributed by atoms with Gasteiger partial charge in [0.2, 0.25) is 0 Å². The fraction of sp³-hybridized carbons (Fsp3) is 0.133. The van der Waals surface area contributed by atoms with E-state index < -0.39 is 5.91 Å². The molecule has 0 unspecified atom stereocenters. The molecule has 1 amide bonds. The Bertz CT molecular complexity index is 603. The van der Waals surface area contributed by atoms with Gasteiger partial charge in [0, 0.05) is 23.9 Å². The lowest BCUT2D eigenvalue weighted by Gasteiger charge is -2.10. The van der Waals surface area contributed by atoms with E-state index in [0.29, 0.717) is 17.2 Å². The summed E-state index contributed by atoms with van der Waals surface area (Å²) in [6.07, 6.45) is 0. The summed E-state index contributed by atoms with van der Waals surface area (Å²) in [4.78, 5) is 12.1. The van der Waals surface area contributed by atoms with E-state index in [-0.39, 0.29) is 11.3 Å². The van der Waals surface area contributed by atoms with Crippen molar-refractivity contribution in [3.05, 3.63) is 48.0 Å². The number of carbonyl (C=O) groups excluding carboxylic acids is 1. The van der Waals surface area contributed by atoms with Gasteiger partial charge < -0.3 is 19.9 Å². The van der Waals surface area contributed by atoms with Gasteiger partial charge in [-0.3, -0.25) is 4.79 Å². The number of carbonyl (C=O) groups is 1. The molecule has 2 aromatic rings. The number of benzene rings is 2. The second-order valence-corrected chi connectivity index (χ2v) is 4.07. The van der Waals surface area contributed by atoms with Gasteiger partial charge in [-0.1, -0.05) is 12.1 Å². The molecule has 5 heteroatoms. The minimum absolute atomic E-state index is 0.0696. The number of rotatable bonds is 4. The Hall–Kier alpha value is -2.69. The quantitative estimate of drug-likeness (QED) is 0.898. The number of methoxy groups -OCH3 is 2. The van der Waals surface area contributed by atoms with Crippen LogP contribution in [0.25, 0.3) is 0 Å². The molecule has 0 aliphatic heterocycles. The van der Waals surface area contributed by atoms with Gasteiger partial charge in [0.15, 0.2) is 0 Å². The largest absolute Gasteiger partial charge is 0.507 e. The van der Waals surface area contributed by atoms with E-state index in [1.807, 2.05) is 0 Å². The van der Waals surface area contributed by atoms with Crippen LogP contribution in [0.15, 0.2) is 42.5 Å². The average molecular weight is 273 g/mol. The van der Waals surface area contributed by atoms with Gasteiger partial charge >= 0.3 is 0 Å². The third-order valence-electron chi connectivity index (χ3n) is 2.76. The molecule has 0 saturated carbocycles. The van der Waals surface area contributed by atoms with Crippen molar-refractivity contribution in [3.8, 4) is 17.2 Å². The molecule has 0 radical (unpaired) electrons. The van der Waals surface area contributed by atoms with E-state index >= 15 is 0 Å². The maximum Gasteiger partial charge on any atom is 0.259 e. The summed E-state index contributed by atoms with van der Waals surface area (Å²) in [6, 6.07) is 11.4. The third kappa shape index (κ3) is 3.00. The van der Waals surface area contributed by atoms with Gasteiger partial charge in [0.1, 0.15) is 17.2 Å². The Morgan fingerprint density at radius 3 is 2.20 bits per heavy atom. The predicted octanol–water partition coefficient (Wildman–Crippen LogP) is 2.66. The first-order valence-corrected chi connectivity index (χ1v) is 5.96. The topological polar surface area (TPSA) is 67.8 Å². The van der Waals surface area contributed by atoms with Gasteiger partial charge in [-0.15, -0.1) is 0 Å². The van der Waals surface area contributed by atoms with E-state index in [9.17, 15) is 9.90 Å². The number of hydrogen-bond acceptors (Lipinski definition) is 4. The molecule has 0 saturated heterocycles. The van der Waals surface area contributed by atoms with Gasteiger partial charge in [0.25, 0.3) is 5.91 Å². The number of para-hydroxylation sites is 1. The van der Waals surface area contributed by atoms with Crippen molar-refractivity contribution in [2.24, 2.45) is 0 Å². The standard InChI is InChI=1S/C15H15NO4/c1-19-11-7-10(8-12(9-11)20-2)16-15(18)13-5-3-4-6-14(13)17/h3-9,17H,1-2H3,(H,16,18). The highest BCUT2D eigenvalue weighted by Gasteiger charge is 2.11. The Morgan fingerprint density at radius 2 is 1.65 bits per heavy atom. The lowest BCUT2D eigenvalue weighted by atomic mass is 10.2. The summed E-state index contributed by atoms with van der Waals surface area (Å²) >= 11 is 0. The highest BCUT2D eigenvalue weighted by Crippen LogP contribution is 2.26. The van der Waals surface area contributed by atoms with E-state index in [4.69, 9.17) is 9.47 Å². The van der Waals surface area contributed by atoms with Crippen LogP contribution in [0.2, 0.25) is 0 Å². The number of phenolic OH excluding ortho intramolecular Hbond substituents is 1. The maximum absolute atomic E-state index is 12.1. The van der Waals surface area contributed by atoms with Crippen molar-refractivity contribution in [1.29, 1.82) is 0 Å². The second kappa shape index (κ2) is 5.97. The van der Waals surface area contributed by atoms with Gasteiger partial charge in [-0.25, -0.2) is 0 Å². The molecule has 20 heavy (non-hydrogen) atoms. The Labute approximate surface area is 116 Å². The van der Waals surface area contributed by atoms with E-state index in [0.717, 1.165) is 0 Å². The molecule has 0 bridgehead atoms. The molecule has 0 heterocycles. The fourth-order valence-corrected chi connectivity index (χ4v) is 1.74. The first kappa shape index (κ1) is 13.7. The van der Waals surface area contributed by atoms with E-state index in [2.05, 4.69) is 5.32 Å². The number of phenols is 1. The predicted molar refractivity (Wildman–Crippen MR) is 75.6 cm³/mol. The molecule has 2 aromatic carbocycles. The Balaban J connectivity index is 2.26. The number of nitrogens with one attached hydrogen (secondary N) is 1. The fourth-order valence-electron chi connectivity index (χ4n) is 1.74. The zero-order valence-electron chi connectivity index (χ0n) is 11.2. The number of aromatic hydroxyl groups is 1. The molecular formula is C15H15NO4. The summed E-state index contributed by atoms with van der Waals surface area (Å²) in [5.74, 6) is 0.659. The number of hydrogen-bond donors (Lipinski definition) is 2. The van der Waals surface area contributed by atoms with Crippen molar-refractivity contribution < 1.29 is 19.4 Å². The van der Waals surface area contributed by atoms with Crippen LogP contribution in [-0.4, -0.2) is 25.2 Å². The van der Waals surface area contributed by atoms with Crippen LogP contribution in [0.5, 0.6) is 17.2 Å². The number of anilines is 1. The van der Waals surface area contributed by atoms with Crippen molar-refractivity contribution in [1.82, 2.24) is 0 Å². The van der Waals surface area contributed by atoms with Crippen molar-refractivity contribution in [2.45, 2.75) is 0 Å². The van der Waals surface area contributed by atoms with Gasteiger partial charge in [0.05, 0.1) is 19.8 Å². The van der Waals surface area contributed by atoms with Crippen LogP contribution in [0.4, 0.5) is 5.69 Å². The summed E-state index contributed by atoms with van der Waals surface area (Å²) in [5.41, 5.74) is 0.726. The minimum Gasteiger partial charge on any atom is -0.507 e. The molecule has 0 fully saturated rings. The highest BCUT2D eigenvalue weighted by molar-refractivity contribution is 6.06. The summed E-state index contributed by atoms with van der Waals surface area (Å²) in [6.45, 7) is 0. The van der Waals surface area contributed by atoms with Crippen LogP contribution in [0, 0.1) is 0 Å². The zero-order valence-corrected chi connectivity index (χ0v) is 11.2. The third-order valence-corrected chi connectivity index (χ3v) is 2.76. The van der Waals surface area contributed by atoms with Crippen LogP contribution < -0.4 is 14.8 Å². The summed E-state index contributed by atoms with van der Waals surface area (Å²) < 4.78 is 10.3. The molecule has 104 valence electrons. The van der Waals surface area contributed by atoms with Gasteiger partial charge in [-0.2, -0.15) is 0 Å². The van der Waals surface area contributed by atoms with Crippen molar-refractivity contribution in [3.63, 3.8) is 0 Å². The molecule has 2 N–H and O–H groups in total. The first-order valence-electron chi connectivity index (χ1n) is 5.96. The average Bonchev–Trinajstić information content (AvgIpc) is 2.47. The molecular weight excluding hydrogens is 258 g/mol. The van der Waals surface area contributed by atoms with Crippen LogP contribution >= 0.6 is 0 Å². The molecule has 0 aliphatic rings. The maximum atomic E-state index is 12.1. The number of ether oxygens (including phenoxy) is 2. The summed E-state index contributed by atoms with van der Waals surface area (Å²) in [7, 11) is 3.06. The van der Waals surface area contributed by atoms with Crippen molar-refractivity contribution in [2.75, 3.05) is 19.5 Å². The smallest absolute Gasteiger partial charge is 0.259 e.